The summed E-state index contributed by atoms with van der Waals surface area (Å²) in [6.45, 7) is 4.28. The Kier molecular flexibility index (Phi) is 3.27. The Morgan fingerprint density at radius 1 is 1.26 bits per heavy atom. The van der Waals surface area contributed by atoms with Crippen molar-refractivity contribution >= 4 is 15.9 Å². The van der Waals surface area contributed by atoms with E-state index in [2.05, 4.69) is 58.7 Å². The molecule has 2 aromatic rings. The highest BCUT2D eigenvalue weighted by Crippen LogP contribution is 2.34. The number of fused-ring (bicyclic) bond motifs is 1. The molecule has 1 aliphatic rings. The van der Waals surface area contributed by atoms with E-state index < -0.39 is 0 Å². The summed E-state index contributed by atoms with van der Waals surface area (Å²) in [6, 6.07) is 6.36. The van der Waals surface area contributed by atoms with Gasteiger partial charge in [-0.05, 0) is 62.4 Å². The minimum Gasteiger partial charge on any atom is -0.388 e. The smallest absolute Gasteiger partial charge is 0.0807 e. The Morgan fingerprint density at radius 3 is 2.63 bits per heavy atom. The molecule has 0 bridgehead atoms. The van der Waals surface area contributed by atoms with E-state index >= 15 is 0 Å². The van der Waals surface area contributed by atoms with Gasteiger partial charge < -0.3 is 9.67 Å². The summed E-state index contributed by atoms with van der Waals surface area (Å²) in [6.07, 6.45) is 4.81. The molecular formula is C16H18BrNO. The number of aliphatic hydroxyl groups excluding tert-OH is 1. The summed E-state index contributed by atoms with van der Waals surface area (Å²) in [5.74, 6) is 0. The summed E-state index contributed by atoms with van der Waals surface area (Å²) in [5, 5.41) is 10.1. The van der Waals surface area contributed by atoms with Gasteiger partial charge in [-0.3, -0.25) is 0 Å². The van der Waals surface area contributed by atoms with E-state index in [1.165, 1.54) is 22.5 Å². The number of benzene rings is 1. The van der Waals surface area contributed by atoms with Gasteiger partial charge in [0.1, 0.15) is 0 Å². The number of aromatic nitrogens is 1. The molecule has 0 saturated heterocycles. The van der Waals surface area contributed by atoms with Crippen LogP contribution in [0.2, 0.25) is 0 Å². The first-order valence-electron chi connectivity index (χ1n) is 6.73. The maximum Gasteiger partial charge on any atom is 0.0807 e. The summed E-state index contributed by atoms with van der Waals surface area (Å²) < 4.78 is 3.38. The Balaban J connectivity index is 2.19. The number of halogens is 1. The van der Waals surface area contributed by atoms with Crippen LogP contribution in [0.25, 0.3) is 5.69 Å². The lowest BCUT2D eigenvalue weighted by molar-refractivity contribution is 0.156. The van der Waals surface area contributed by atoms with E-state index in [1.807, 2.05) is 0 Å². The van der Waals surface area contributed by atoms with Crippen LogP contribution in [0, 0.1) is 13.8 Å². The van der Waals surface area contributed by atoms with Crippen molar-refractivity contribution in [2.45, 2.75) is 39.2 Å². The van der Waals surface area contributed by atoms with Crippen molar-refractivity contribution in [1.29, 1.82) is 0 Å². The highest BCUT2D eigenvalue weighted by Gasteiger charge is 2.22. The molecule has 1 unspecified atom stereocenters. The third-order valence-corrected chi connectivity index (χ3v) is 4.43. The molecular weight excluding hydrogens is 302 g/mol. The number of aryl methyl sites for hydroxylation is 2. The zero-order valence-corrected chi connectivity index (χ0v) is 12.9. The van der Waals surface area contributed by atoms with E-state index in [0.29, 0.717) is 0 Å². The maximum atomic E-state index is 10.1. The number of hydrogen-bond acceptors (Lipinski definition) is 1. The summed E-state index contributed by atoms with van der Waals surface area (Å²) in [4.78, 5) is 0. The number of hydrogen-bond donors (Lipinski definition) is 1. The zero-order valence-electron chi connectivity index (χ0n) is 11.3. The Labute approximate surface area is 122 Å². The van der Waals surface area contributed by atoms with Crippen LogP contribution >= 0.6 is 15.9 Å². The Bertz CT molecular complexity index is 607. The monoisotopic (exact) mass is 319 g/mol. The summed E-state index contributed by atoms with van der Waals surface area (Å²) >= 11 is 3.55. The maximum absolute atomic E-state index is 10.1. The molecule has 1 heterocycles. The molecule has 0 aliphatic heterocycles. The van der Waals surface area contributed by atoms with Crippen LogP contribution in [0.1, 0.15) is 41.3 Å². The second kappa shape index (κ2) is 4.80. The molecule has 3 heteroatoms. The topological polar surface area (TPSA) is 25.2 Å². The van der Waals surface area contributed by atoms with Gasteiger partial charge in [0, 0.05) is 21.9 Å². The number of aliphatic hydroxyl groups is 1. The molecule has 1 aromatic carbocycles. The standard InChI is InChI=1S/C16H18BrNO/c1-10-8-12(17)9-11(2)16(10)18-7-6-13-14(18)4-3-5-15(13)19/h6-9,15,19H,3-5H2,1-2H3. The lowest BCUT2D eigenvalue weighted by Crippen LogP contribution is -2.12. The van der Waals surface area contributed by atoms with Crippen molar-refractivity contribution in [3.05, 3.63) is 51.3 Å². The van der Waals surface area contributed by atoms with E-state index in [-0.39, 0.29) is 6.10 Å². The van der Waals surface area contributed by atoms with Crippen molar-refractivity contribution in [3.63, 3.8) is 0 Å². The van der Waals surface area contributed by atoms with Crippen LogP contribution < -0.4 is 0 Å². The normalized spacial score (nSPS) is 18.4. The molecule has 1 aliphatic carbocycles. The Morgan fingerprint density at radius 2 is 1.95 bits per heavy atom. The molecule has 100 valence electrons. The van der Waals surface area contributed by atoms with Gasteiger partial charge in [-0.2, -0.15) is 0 Å². The second-order valence-electron chi connectivity index (χ2n) is 5.38. The largest absolute Gasteiger partial charge is 0.388 e. The van der Waals surface area contributed by atoms with E-state index in [4.69, 9.17) is 0 Å². The highest BCUT2D eigenvalue weighted by molar-refractivity contribution is 9.10. The highest BCUT2D eigenvalue weighted by atomic mass is 79.9. The SMILES string of the molecule is Cc1cc(Br)cc(C)c1-n1ccc2c1CCCC2O. The van der Waals surface area contributed by atoms with Crippen molar-refractivity contribution in [3.8, 4) is 5.69 Å². The first-order valence-corrected chi connectivity index (χ1v) is 7.52. The van der Waals surface area contributed by atoms with Crippen LogP contribution in [-0.4, -0.2) is 9.67 Å². The Hall–Kier alpha value is -1.06. The molecule has 0 fully saturated rings. The number of nitrogens with zero attached hydrogens (tertiary/aromatic N) is 1. The molecule has 0 spiro atoms. The van der Waals surface area contributed by atoms with Crippen LogP contribution in [0.3, 0.4) is 0 Å². The van der Waals surface area contributed by atoms with Gasteiger partial charge >= 0.3 is 0 Å². The minimum absolute atomic E-state index is 0.291. The molecule has 1 atom stereocenters. The zero-order chi connectivity index (χ0) is 13.6. The molecule has 0 radical (unpaired) electrons. The van der Waals surface area contributed by atoms with Gasteiger partial charge in [0.15, 0.2) is 0 Å². The quantitative estimate of drug-likeness (QED) is 0.836. The fraction of sp³-hybridized carbons (Fsp3) is 0.375. The fourth-order valence-electron chi connectivity index (χ4n) is 3.16. The predicted octanol–water partition coefficient (Wildman–Crippen LogP) is 4.23. The second-order valence-corrected chi connectivity index (χ2v) is 6.30. The van der Waals surface area contributed by atoms with Gasteiger partial charge in [0.25, 0.3) is 0 Å². The van der Waals surface area contributed by atoms with Gasteiger partial charge in [-0.15, -0.1) is 0 Å². The molecule has 2 nitrogen and oxygen atoms in total. The fourth-order valence-corrected chi connectivity index (χ4v) is 3.85. The van der Waals surface area contributed by atoms with Crippen molar-refractivity contribution in [2.24, 2.45) is 0 Å². The summed E-state index contributed by atoms with van der Waals surface area (Å²) in [7, 11) is 0. The lowest BCUT2D eigenvalue weighted by Gasteiger charge is -2.22. The molecule has 1 N–H and O–H groups in total. The predicted molar refractivity (Wildman–Crippen MR) is 80.8 cm³/mol. The van der Waals surface area contributed by atoms with Gasteiger partial charge in [0.05, 0.1) is 11.8 Å². The third kappa shape index (κ3) is 2.15. The van der Waals surface area contributed by atoms with Crippen LogP contribution in [0.15, 0.2) is 28.9 Å². The van der Waals surface area contributed by atoms with Crippen molar-refractivity contribution in [1.82, 2.24) is 4.57 Å². The van der Waals surface area contributed by atoms with Crippen LogP contribution in [0.4, 0.5) is 0 Å². The first kappa shape index (κ1) is 12.9. The third-order valence-electron chi connectivity index (χ3n) is 3.97. The van der Waals surface area contributed by atoms with Crippen LogP contribution in [-0.2, 0) is 6.42 Å². The van der Waals surface area contributed by atoms with E-state index in [0.717, 1.165) is 29.3 Å². The molecule has 0 amide bonds. The lowest BCUT2D eigenvalue weighted by atomic mass is 9.95. The van der Waals surface area contributed by atoms with Crippen molar-refractivity contribution in [2.75, 3.05) is 0 Å². The van der Waals surface area contributed by atoms with Gasteiger partial charge in [-0.1, -0.05) is 15.9 Å². The first-order chi connectivity index (χ1) is 9.08. The van der Waals surface area contributed by atoms with Crippen LogP contribution in [0.5, 0.6) is 0 Å². The van der Waals surface area contributed by atoms with Gasteiger partial charge in [0.2, 0.25) is 0 Å². The molecule has 3 rings (SSSR count). The average molecular weight is 320 g/mol. The minimum atomic E-state index is -0.291. The number of rotatable bonds is 1. The van der Waals surface area contributed by atoms with E-state index in [9.17, 15) is 5.11 Å². The van der Waals surface area contributed by atoms with E-state index in [1.54, 1.807) is 0 Å². The molecule has 19 heavy (non-hydrogen) atoms. The van der Waals surface area contributed by atoms with Crippen molar-refractivity contribution < 1.29 is 5.11 Å². The van der Waals surface area contributed by atoms with Gasteiger partial charge in [-0.25, -0.2) is 0 Å². The molecule has 1 aromatic heterocycles. The molecule has 0 saturated carbocycles. The summed E-state index contributed by atoms with van der Waals surface area (Å²) in [5.41, 5.74) is 6.13. The average Bonchev–Trinajstić information content (AvgIpc) is 2.73.